The van der Waals surface area contributed by atoms with Crippen molar-refractivity contribution in [1.82, 2.24) is 10.6 Å². The summed E-state index contributed by atoms with van der Waals surface area (Å²) >= 11 is 0. The summed E-state index contributed by atoms with van der Waals surface area (Å²) in [5.41, 5.74) is 2.48. The third-order valence-electron chi connectivity index (χ3n) is 3.43. The molecule has 2 N–H and O–H groups in total. The van der Waals surface area contributed by atoms with Crippen LogP contribution in [-0.2, 0) is 4.79 Å². The average molecular weight is 246 g/mol. The number of aryl methyl sites for hydroxylation is 1. The van der Waals surface area contributed by atoms with Crippen LogP contribution in [-0.4, -0.2) is 19.0 Å². The largest absolute Gasteiger partial charge is 0.355 e. The molecule has 1 saturated carbocycles. The monoisotopic (exact) mass is 246 g/mol. The van der Waals surface area contributed by atoms with Crippen molar-refractivity contribution in [2.45, 2.75) is 32.7 Å². The summed E-state index contributed by atoms with van der Waals surface area (Å²) in [4.78, 5) is 11.6. The minimum atomic E-state index is 0.0980. The molecular formula is C15H22N2O. The van der Waals surface area contributed by atoms with E-state index < -0.39 is 0 Å². The first-order chi connectivity index (χ1) is 8.65. The molecule has 2 rings (SSSR count). The fourth-order valence-electron chi connectivity index (χ4n) is 1.86. The van der Waals surface area contributed by atoms with E-state index in [1.54, 1.807) is 0 Å². The second kappa shape index (κ2) is 6.01. The molecule has 1 aromatic carbocycles. The number of hydrogen-bond acceptors (Lipinski definition) is 2. The van der Waals surface area contributed by atoms with Crippen LogP contribution < -0.4 is 10.6 Å². The van der Waals surface area contributed by atoms with Gasteiger partial charge in [0.25, 0.3) is 0 Å². The minimum absolute atomic E-state index is 0.0980. The molecule has 0 spiro atoms. The Labute approximate surface area is 109 Å². The van der Waals surface area contributed by atoms with Gasteiger partial charge < -0.3 is 10.6 Å². The standard InChI is InChI=1S/C15H22N2O/c1-11-3-7-14(8-4-11)12(2)16-10-15(18)17-9-13-5-6-13/h3-4,7-8,12-13,16H,5-6,9-10H2,1-2H3,(H,17,18)/t12-/m1/s1. The van der Waals surface area contributed by atoms with Gasteiger partial charge in [0, 0.05) is 12.6 Å². The van der Waals surface area contributed by atoms with Crippen LogP contribution >= 0.6 is 0 Å². The smallest absolute Gasteiger partial charge is 0.233 e. The molecular weight excluding hydrogens is 224 g/mol. The van der Waals surface area contributed by atoms with Crippen LogP contribution in [0.1, 0.15) is 36.9 Å². The van der Waals surface area contributed by atoms with Crippen LogP contribution in [0, 0.1) is 12.8 Å². The molecule has 0 aliphatic heterocycles. The Morgan fingerprint density at radius 1 is 1.33 bits per heavy atom. The number of benzene rings is 1. The van der Waals surface area contributed by atoms with E-state index >= 15 is 0 Å². The summed E-state index contributed by atoms with van der Waals surface area (Å²) in [5.74, 6) is 0.837. The van der Waals surface area contributed by atoms with E-state index in [0.29, 0.717) is 6.54 Å². The van der Waals surface area contributed by atoms with Crippen molar-refractivity contribution in [2.75, 3.05) is 13.1 Å². The number of amides is 1. The first kappa shape index (κ1) is 13.1. The molecule has 98 valence electrons. The van der Waals surface area contributed by atoms with E-state index in [1.807, 2.05) is 0 Å². The van der Waals surface area contributed by atoms with Crippen LogP contribution in [0.15, 0.2) is 24.3 Å². The SMILES string of the molecule is Cc1ccc([C@@H](C)NCC(=O)NCC2CC2)cc1. The van der Waals surface area contributed by atoms with E-state index in [0.717, 1.165) is 12.5 Å². The van der Waals surface area contributed by atoms with Gasteiger partial charge in [-0.3, -0.25) is 4.79 Å². The van der Waals surface area contributed by atoms with Crippen molar-refractivity contribution < 1.29 is 4.79 Å². The maximum atomic E-state index is 11.6. The summed E-state index contributed by atoms with van der Waals surface area (Å²) in [6.07, 6.45) is 2.54. The summed E-state index contributed by atoms with van der Waals surface area (Å²) < 4.78 is 0. The number of rotatable bonds is 6. The second-order valence-corrected chi connectivity index (χ2v) is 5.26. The van der Waals surface area contributed by atoms with Gasteiger partial charge in [-0.2, -0.15) is 0 Å². The van der Waals surface area contributed by atoms with Gasteiger partial charge in [-0.15, -0.1) is 0 Å². The lowest BCUT2D eigenvalue weighted by molar-refractivity contribution is -0.120. The quantitative estimate of drug-likeness (QED) is 0.807. The molecule has 1 aliphatic rings. The zero-order valence-electron chi connectivity index (χ0n) is 11.2. The minimum Gasteiger partial charge on any atom is -0.355 e. The molecule has 0 saturated heterocycles. The van der Waals surface area contributed by atoms with Gasteiger partial charge in [-0.25, -0.2) is 0 Å². The Kier molecular flexibility index (Phi) is 4.37. The van der Waals surface area contributed by atoms with E-state index in [9.17, 15) is 4.79 Å². The third-order valence-corrected chi connectivity index (χ3v) is 3.43. The fourth-order valence-corrected chi connectivity index (χ4v) is 1.86. The van der Waals surface area contributed by atoms with Gasteiger partial charge in [0.05, 0.1) is 6.54 Å². The molecule has 0 unspecified atom stereocenters. The highest BCUT2D eigenvalue weighted by Gasteiger charge is 2.21. The number of carbonyl (C=O) groups is 1. The van der Waals surface area contributed by atoms with Crippen molar-refractivity contribution in [2.24, 2.45) is 5.92 Å². The molecule has 1 atom stereocenters. The highest BCUT2D eigenvalue weighted by atomic mass is 16.1. The molecule has 1 aliphatic carbocycles. The predicted octanol–water partition coefficient (Wildman–Crippen LogP) is 2.17. The Morgan fingerprint density at radius 3 is 2.61 bits per heavy atom. The van der Waals surface area contributed by atoms with Crippen molar-refractivity contribution in [3.8, 4) is 0 Å². The van der Waals surface area contributed by atoms with Crippen molar-refractivity contribution >= 4 is 5.91 Å². The van der Waals surface area contributed by atoms with Crippen LogP contribution in [0.5, 0.6) is 0 Å². The Hall–Kier alpha value is -1.35. The summed E-state index contributed by atoms with van der Waals surface area (Å²) in [7, 11) is 0. The normalized spacial score (nSPS) is 16.3. The van der Waals surface area contributed by atoms with Crippen LogP contribution in [0.25, 0.3) is 0 Å². The molecule has 18 heavy (non-hydrogen) atoms. The maximum absolute atomic E-state index is 11.6. The zero-order chi connectivity index (χ0) is 13.0. The lowest BCUT2D eigenvalue weighted by atomic mass is 10.1. The highest BCUT2D eigenvalue weighted by Crippen LogP contribution is 2.27. The Bertz CT molecular complexity index is 395. The summed E-state index contributed by atoms with van der Waals surface area (Å²) in [5, 5.41) is 6.21. The summed E-state index contributed by atoms with van der Waals surface area (Å²) in [6.45, 7) is 5.40. The fraction of sp³-hybridized carbons (Fsp3) is 0.533. The molecule has 1 fully saturated rings. The third kappa shape index (κ3) is 4.15. The predicted molar refractivity (Wildman–Crippen MR) is 73.3 cm³/mol. The zero-order valence-corrected chi connectivity index (χ0v) is 11.2. The second-order valence-electron chi connectivity index (χ2n) is 5.26. The Morgan fingerprint density at radius 2 is 2.00 bits per heavy atom. The lowest BCUT2D eigenvalue weighted by Crippen LogP contribution is -2.36. The van der Waals surface area contributed by atoms with Gasteiger partial charge in [0.1, 0.15) is 0 Å². The number of hydrogen-bond donors (Lipinski definition) is 2. The van der Waals surface area contributed by atoms with Crippen LogP contribution in [0.3, 0.4) is 0 Å². The molecule has 0 bridgehead atoms. The van der Waals surface area contributed by atoms with Gasteiger partial charge in [-0.05, 0) is 38.2 Å². The van der Waals surface area contributed by atoms with Crippen LogP contribution in [0.4, 0.5) is 0 Å². The average Bonchev–Trinajstić information content (AvgIpc) is 3.18. The van der Waals surface area contributed by atoms with E-state index in [4.69, 9.17) is 0 Å². The highest BCUT2D eigenvalue weighted by molar-refractivity contribution is 5.78. The first-order valence-corrected chi connectivity index (χ1v) is 6.72. The lowest BCUT2D eigenvalue weighted by Gasteiger charge is -2.14. The van der Waals surface area contributed by atoms with Crippen molar-refractivity contribution in [3.63, 3.8) is 0 Å². The molecule has 1 amide bonds. The maximum Gasteiger partial charge on any atom is 0.233 e. The van der Waals surface area contributed by atoms with Crippen molar-refractivity contribution in [1.29, 1.82) is 0 Å². The van der Waals surface area contributed by atoms with E-state index in [2.05, 4.69) is 48.7 Å². The Balaban J connectivity index is 1.71. The van der Waals surface area contributed by atoms with Gasteiger partial charge in [0.2, 0.25) is 5.91 Å². The first-order valence-electron chi connectivity index (χ1n) is 6.72. The van der Waals surface area contributed by atoms with Crippen LogP contribution in [0.2, 0.25) is 0 Å². The molecule has 3 heteroatoms. The molecule has 0 heterocycles. The van der Waals surface area contributed by atoms with E-state index in [-0.39, 0.29) is 11.9 Å². The molecule has 1 aromatic rings. The van der Waals surface area contributed by atoms with E-state index in [1.165, 1.54) is 24.0 Å². The molecule has 3 nitrogen and oxygen atoms in total. The summed E-state index contributed by atoms with van der Waals surface area (Å²) in [6, 6.07) is 8.61. The number of nitrogens with one attached hydrogen (secondary N) is 2. The number of carbonyl (C=O) groups excluding carboxylic acids is 1. The molecule has 0 aromatic heterocycles. The van der Waals surface area contributed by atoms with Gasteiger partial charge >= 0.3 is 0 Å². The van der Waals surface area contributed by atoms with Crippen molar-refractivity contribution in [3.05, 3.63) is 35.4 Å². The molecule has 0 radical (unpaired) electrons. The van der Waals surface area contributed by atoms with Gasteiger partial charge in [-0.1, -0.05) is 29.8 Å². The van der Waals surface area contributed by atoms with Gasteiger partial charge in [0.15, 0.2) is 0 Å². The topological polar surface area (TPSA) is 41.1 Å².